The van der Waals surface area contributed by atoms with Crippen LogP contribution in [0, 0.1) is 13.8 Å². The molecule has 0 saturated heterocycles. The fourth-order valence-corrected chi connectivity index (χ4v) is 4.87. The molecule has 5 nitrogen and oxygen atoms in total. The predicted octanol–water partition coefficient (Wildman–Crippen LogP) is 2.19. The summed E-state index contributed by atoms with van der Waals surface area (Å²) in [5.41, 5.74) is 2.41. The second-order valence-electron chi connectivity index (χ2n) is 5.62. The van der Waals surface area contributed by atoms with Gasteiger partial charge in [0.25, 0.3) is 0 Å². The van der Waals surface area contributed by atoms with Crippen LogP contribution in [0.1, 0.15) is 30.4 Å². The van der Waals surface area contributed by atoms with Crippen LogP contribution in [0.2, 0.25) is 0 Å². The van der Waals surface area contributed by atoms with Gasteiger partial charge in [-0.15, -0.1) is 0 Å². The molecule has 0 radical (unpaired) electrons. The van der Waals surface area contributed by atoms with E-state index in [1.807, 2.05) is 33.0 Å². The zero-order valence-corrected chi connectivity index (χ0v) is 13.9. The number of rotatable bonds is 5. The summed E-state index contributed by atoms with van der Waals surface area (Å²) < 4.78 is 33.6. The molecule has 0 bridgehead atoms. The highest BCUT2D eigenvalue weighted by molar-refractivity contribution is 7.89. The van der Waals surface area contributed by atoms with Crippen LogP contribution >= 0.6 is 0 Å². The maximum atomic E-state index is 12.7. The Labute approximate surface area is 127 Å². The molecule has 0 spiro atoms. The number of sulfonamides is 1. The van der Waals surface area contributed by atoms with Crippen molar-refractivity contribution in [3.8, 4) is 0 Å². The van der Waals surface area contributed by atoms with Gasteiger partial charge in [0.15, 0.2) is 0 Å². The van der Waals surface area contributed by atoms with Gasteiger partial charge in [-0.25, -0.2) is 13.1 Å². The third-order valence-electron chi connectivity index (χ3n) is 4.08. The van der Waals surface area contributed by atoms with Crippen molar-refractivity contribution in [2.45, 2.75) is 50.2 Å². The molecule has 1 saturated carbocycles. The average Bonchev–Trinajstić information content (AvgIpc) is 2.83. The number of hydrogen-bond acceptors (Lipinski definition) is 4. The van der Waals surface area contributed by atoms with Crippen LogP contribution in [0.5, 0.6) is 0 Å². The highest BCUT2D eigenvalue weighted by Crippen LogP contribution is 2.27. The summed E-state index contributed by atoms with van der Waals surface area (Å²) in [5, 5.41) is 3.04. The summed E-state index contributed by atoms with van der Waals surface area (Å²) in [4.78, 5) is 0.378. The van der Waals surface area contributed by atoms with Crippen molar-refractivity contribution in [2.24, 2.45) is 0 Å². The lowest BCUT2D eigenvalue weighted by Gasteiger charge is -2.21. The standard InChI is InChI=1S/C15H24N2O3S/c1-10-8-12(16-3)9-11(2)15(10)21(18,19)17-13-6-5-7-14(13)20-4/h8-9,13-14,16-17H,5-7H2,1-4H3. The van der Waals surface area contributed by atoms with Gasteiger partial charge in [-0.2, -0.15) is 0 Å². The predicted molar refractivity (Wildman–Crippen MR) is 84.2 cm³/mol. The molecule has 1 fully saturated rings. The van der Waals surface area contributed by atoms with Crippen LogP contribution in [0.15, 0.2) is 17.0 Å². The molecular weight excluding hydrogens is 288 g/mol. The Kier molecular flexibility index (Phi) is 4.91. The fourth-order valence-electron chi connectivity index (χ4n) is 3.12. The number of methoxy groups -OCH3 is 1. The summed E-state index contributed by atoms with van der Waals surface area (Å²) in [5.74, 6) is 0. The van der Waals surface area contributed by atoms with Crippen molar-refractivity contribution in [2.75, 3.05) is 19.5 Å². The first-order chi connectivity index (χ1) is 9.89. The molecule has 2 rings (SSSR count). The molecule has 1 aliphatic rings. The first-order valence-corrected chi connectivity index (χ1v) is 8.71. The molecule has 118 valence electrons. The topological polar surface area (TPSA) is 67.4 Å². The van der Waals surface area contributed by atoms with E-state index in [-0.39, 0.29) is 12.1 Å². The van der Waals surface area contributed by atoms with E-state index in [1.54, 1.807) is 7.11 Å². The van der Waals surface area contributed by atoms with Crippen molar-refractivity contribution in [3.63, 3.8) is 0 Å². The summed E-state index contributed by atoms with van der Waals surface area (Å²) >= 11 is 0. The molecule has 1 aromatic carbocycles. The lowest BCUT2D eigenvalue weighted by molar-refractivity contribution is 0.0916. The van der Waals surface area contributed by atoms with E-state index in [0.717, 1.165) is 36.1 Å². The molecule has 0 aromatic heterocycles. The van der Waals surface area contributed by atoms with E-state index in [4.69, 9.17) is 4.74 Å². The Balaban J connectivity index is 2.32. The van der Waals surface area contributed by atoms with E-state index < -0.39 is 10.0 Å². The number of benzene rings is 1. The SMILES string of the molecule is CNc1cc(C)c(S(=O)(=O)NC2CCCC2OC)c(C)c1. The summed E-state index contributed by atoms with van der Waals surface area (Å²) in [7, 11) is -0.0746. The van der Waals surface area contributed by atoms with Crippen LogP contribution in [0.3, 0.4) is 0 Å². The van der Waals surface area contributed by atoms with E-state index in [0.29, 0.717) is 4.90 Å². The van der Waals surface area contributed by atoms with Crippen LogP contribution in [0.25, 0.3) is 0 Å². The van der Waals surface area contributed by atoms with Crippen LogP contribution < -0.4 is 10.0 Å². The minimum absolute atomic E-state index is 0.0306. The molecule has 2 atom stereocenters. The molecule has 1 aromatic rings. The summed E-state index contributed by atoms with van der Waals surface area (Å²) in [6, 6.07) is 3.57. The van der Waals surface area contributed by atoms with E-state index in [2.05, 4.69) is 10.0 Å². The zero-order chi connectivity index (χ0) is 15.6. The van der Waals surface area contributed by atoms with Gasteiger partial charge >= 0.3 is 0 Å². The van der Waals surface area contributed by atoms with E-state index in [1.165, 1.54) is 0 Å². The molecule has 1 aliphatic carbocycles. The average molecular weight is 312 g/mol. The molecule has 2 unspecified atom stereocenters. The van der Waals surface area contributed by atoms with Gasteiger partial charge in [0.2, 0.25) is 10.0 Å². The zero-order valence-electron chi connectivity index (χ0n) is 13.1. The van der Waals surface area contributed by atoms with Gasteiger partial charge in [-0.05, 0) is 56.4 Å². The number of aryl methyl sites for hydroxylation is 2. The first kappa shape index (κ1) is 16.3. The minimum atomic E-state index is -3.53. The van der Waals surface area contributed by atoms with Crippen molar-refractivity contribution in [1.29, 1.82) is 0 Å². The number of ether oxygens (including phenoxy) is 1. The Hall–Kier alpha value is -1.11. The monoisotopic (exact) mass is 312 g/mol. The molecule has 6 heteroatoms. The highest BCUT2D eigenvalue weighted by atomic mass is 32.2. The molecular formula is C15H24N2O3S. The van der Waals surface area contributed by atoms with Gasteiger partial charge in [-0.1, -0.05) is 0 Å². The second kappa shape index (κ2) is 6.34. The molecule has 21 heavy (non-hydrogen) atoms. The largest absolute Gasteiger partial charge is 0.388 e. The third kappa shape index (κ3) is 3.39. The lowest BCUT2D eigenvalue weighted by Crippen LogP contribution is -2.41. The van der Waals surface area contributed by atoms with Crippen molar-refractivity contribution in [1.82, 2.24) is 4.72 Å². The number of nitrogens with one attached hydrogen (secondary N) is 2. The Morgan fingerprint density at radius 3 is 2.33 bits per heavy atom. The Morgan fingerprint density at radius 2 is 1.81 bits per heavy atom. The summed E-state index contributed by atoms with van der Waals surface area (Å²) in [6.45, 7) is 3.65. The maximum Gasteiger partial charge on any atom is 0.241 e. The van der Waals surface area contributed by atoms with Crippen molar-refractivity contribution < 1.29 is 13.2 Å². The van der Waals surface area contributed by atoms with Gasteiger partial charge in [0, 0.05) is 25.9 Å². The smallest absolute Gasteiger partial charge is 0.241 e. The molecule has 0 aliphatic heterocycles. The highest BCUT2D eigenvalue weighted by Gasteiger charge is 2.32. The number of anilines is 1. The van der Waals surface area contributed by atoms with E-state index >= 15 is 0 Å². The fraction of sp³-hybridized carbons (Fsp3) is 0.600. The van der Waals surface area contributed by atoms with Crippen LogP contribution in [-0.2, 0) is 14.8 Å². The van der Waals surface area contributed by atoms with Crippen LogP contribution in [0.4, 0.5) is 5.69 Å². The molecule has 0 amide bonds. The van der Waals surface area contributed by atoms with Crippen molar-refractivity contribution in [3.05, 3.63) is 23.3 Å². The van der Waals surface area contributed by atoms with E-state index in [9.17, 15) is 8.42 Å². The minimum Gasteiger partial charge on any atom is -0.388 e. The van der Waals surface area contributed by atoms with Gasteiger partial charge in [0.1, 0.15) is 0 Å². The van der Waals surface area contributed by atoms with Crippen LogP contribution in [-0.4, -0.2) is 34.7 Å². The summed E-state index contributed by atoms with van der Waals surface area (Å²) in [6.07, 6.45) is 2.68. The third-order valence-corrected chi connectivity index (χ3v) is 5.87. The maximum absolute atomic E-state index is 12.7. The molecule has 0 heterocycles. The Morgan fingerprint density at radius 1 is 1.19 bits per heavy atom. The lowest BCUT2D eigenvalue weighted by atomic mass is 10.1. The van der Waals surface area contributed by atoms with Gasteiger partial charge in [0.05, 0.1) is 11.0 Å². The Bertz CT molecular complexity index is 590. The van der Waals surface area contributed by atoms with Crippen molar-refractivity contribution >= 4 is 15.7 Å². The quantitative estimate of drug-likeness (QED) is 0.874. The first-order valence-electron chi connectivity index (χ1n) is 7.23. The number of hydrogen-bond donors (Lipinski definition) is 2. The second-order valence-corrected chi connectivity index (χ2v) is 7.27. The molecule has 2 N–H and O–H groups in total. The van der Waals surface area contributed by atoms with Gasteiger partial charge in [-0.3, -0.25) is 0 Å². The normalized spacial score (nSPS) is 22.5. The van der Waals surface area contributed by atoms with Gasteiger partial charge < -0.3 is 10.1 Å².